The van der Waals surface area contributed by atoms with Crippen LogP contribution in [0.1, 0.15) is 17.0 Å². The molecule has 1 aromatic heterocycles. The first kappa shape index (κ1) is 13.4. The third-order valence-corrected chi connectivity index (χ3v) is 2.72. The van der Waals surface area contributed by atoms with Gasteiger partial charge in [0.1, 0.15) is 0 Å². The van der Waals surface area contributed by atoms with Crippen molar-refractivity contribution >= 4 is 0 Å². The monoisotopic (exact) mass is 261 g/mol. The lowest BCUT2D eigenvalue weighted by Gasteiger charge is -2.08. The van der Waals surface area contributed by atoms with Crippen LogP contribution in [0.15, 0.2) is 30.6 Å². The Morgan fingerprint density at radius 1 is 1.21 bits per heavy atom. The van der Waals surface area contributed by atoms with Gasteiger partial charge in [-0.15, -0.1) is 0 Å². The predicted octanol–water partition coefficient (Wildman–Crippen LogP) is 2.22. The average Bonchev–Trinajstić information content (AvgIpc) is 2.43. The number of benzene rings is 1. The van der Waals surface area contributed by atoms with Gasteiger partial charge in [-0.1, -0.05) is 12.1 Å². The molecule has 0 unspecified atom stereocenters. The molecule has 100 valence electrons. The molecule has 0 aliphatic heterocycles. The highest BCUT2D eigenvalue weighted by Crippen LogP contribution is 2.19. The lowest BCUT2D eigenvalue weighted by Crippen LogP contribution is -2.15. The molecule has 1 heterocycles. The van der Waals surface area contributed by atoms with E-state index >= 15 is 0 Å². The molecule has 2 aromatic rings. The summed E-state index contributed by atoms with van der Waals surface area (Å²) in [5.41, 5.74) is 2.27. The maximum atomic E-state index is 13.9. The molecule has 2 rings (SSSR count). The smallest absolute Gasteiger partial charge is 0.169 e. The topological polar surface area (TPSA) is 47.0 Å². The summed E-state index contributed by atoms with van der Waals surface area (Å²) in [5.74, 6) is -0.0677. The van der Waals surface area contributed by atoms with Gasteiger partial charge in [0.05, 0.1) is 18.5 Å². The van der Waals surface area contributed by atoms with E-state index in [-0.39, 0.29) is 11.6 Å². The zero-order valence-corrected chi connectivity index (χ0v) is 11.0. The third kappa shape index (κ3) is 3.48. The van der Waals surface area contributed by atoms with Gasteiger partial charge in [0.25, 0.3) is 0 Å². The van der Waals surface area contributed by atoms with E-state index in [9.17, 15) is 4.39 Å². The molecule has 1 N–H and O–H groups in total. The van der Waals surface area contributed by atoms with E-state index in [1.165, 1.54) is 7.11 Å². The van der Waals surface area contributed by atoms with Crippen molar-refractivity contribution < 1.29 is 9.13 Å². The van der Waals surface area contributed by atoms with E-state index in [1.54, 1.807) is 30.6 Å². The van der Waals surface area contributed by atoms with Crippen LogP contribution in [0, 0.1) is 12.7 Å². The van der Waals surface area contributed by atoms with E-state index < -0.39 is 0 Å². The molecule has 4 nitrogen and oxygen atoms in total. The maximum Gasteiger partial charge on any atom is 0.169 e. The van der Waals surface area contributed by atoms with Crippen molar-refractivity contribution in [3.63, 3.8) is 0 Å². The molecule has 0 amide bonds. The Labute approximate surface area is 111 Å². The summed E-state index contributed by atoms with van der Waals surface area (Å²) in [4.78, 5) is 8.38. The zero-order chi connectivity index (χ0) is 13.7. The van der Waals surface area contributed by atoms with Gasteiger partial charge in [-0.25, -0.2) is 4.39 Å². The minimum absolute atomic E-state index is 0.259. The van der Waals surface area contributed by atoms with E-state index in [0.717, 1.165) is 11.4 Å². The normalized spacial score (nSPS) is 10.5. The van der Waals surface area contributed by atoms with E-state index in [4.69, 9.17) is 4.74 Å². The highest BCUT2D eigenvalue weighted by Gasteiger charge is 2.07. The van der Waals surface area contributed by atoms with Crippen LogP contribution in [0.5, 0.6) is 5.75 Å². The largest absolute Gasteiger partial charge is 0.494 e. The molecule has 0 aliphatic rings. The molecule has 0 radical (unpaired) electrons. The van der Waals surface area contributed by atoms with Gasteiger partial charge in [-0.2, -0.15) is 0 Å². The van der Waals surface area contributed by atoms with Crippen LogP contribution < -0.4 is 10.1 Å². The summed E-state index contributed by atoms with van der Waals surface area (Å²) in [6.07, 6.45) is 3.42. The van der Waals surface area contributed by atoms with Crippen LogP contribution in [0.3, 0.4) is 0 Å². The molecular formula is C14H16FN3O. The summed E-state index contributed by atoms with van der Waals surface area (Å²) < 4.78 is 18.8. The molecule has 0 saturated heterocycles. The number of aryl methyl sites for hydroxylation is 1. The average molecular weight is 261 g/mol. The van der Waals surface area contributed by atoms with Crippen molar-refractivity contribution in [2.45, 2.75) is 20.0 Å². The quantitative estimate of drug-likeness (QED) is 0.896. The lowest BCUT2D eigenvalue weighted by atomic mass is 10.2. The number of ether oxygens (including phenoxy) is 1. The van der Waals surface area contributed by atoms with Gasteiger partial charge in [0.15, 0.2) is 11.6 Å². The number of nitrogens with zero attached hydrogens (tertiary/aromatic N) is 2. The highest BCUT2D eigenvalue weighted by molar-refractivity contribution is 5.30. The minimum Gasteiger partial charge on any atom is -0.494 e. The Morgan fingerprint density at radius 3 is 2.74 bits per heavy atom. The molecule has 0 spiro atoms. The van der Waals surface area contributed by atoms with Crippen molar-refractivity contribution in [2.75, 3.05) is 7.11 Å². The number of nitrogens with one attached hydrogen (secondary N) is 1. The Kier molecular flexibility index (Phi) is 4.41. The van der Waals surface area contributed by atoms with E-state index in [0.29, 0.717) is 18.7 Å². The number of aromatic nitrogens is 2. The number of hydrogen-bond donors (Lipinski definition) is 1. The van der Waals surface area contributed by atoms with Crippen LogP contribution in [-0.4, -0.2) is 17.1 Å². The van der Waals surface area contributed by atoms with Crippen molar-refractivity contribution in [3.8, 4) is 5.75 Å². The summed E-state index contributed by atoms with van der Waals surface area (Å²) in [5, 5.41) is 3.13. The second kappa shape index (κ2) is 6.24. The molecule has 5 heteroatoms. The molecule has 0 saturated carbocycles. The van der Waals surface area contributed by atoms with Gasteiger partial charge in [-0.3, -0.25) is 9.97 Å². The Bertz CT molecular complexity index is 543. The second-order valence-electron chi connectivity index (χ2n) is 4.19. The van der Waals surface area contributed by atoms with Crippen LogP contribution in [-0.2, 0) is 13.1 Å². The first-order chi connectivity index (χ1) is 9.20. The molecule has 19 heavy (non-hydrogen) atoms. The van der Waals surface area contributed by atoms with E-state index in [2.05, 4.69) is 15.3 Å². The molecule has 0 fully saturated rings. The summed E-state index contributed by atoms with van der Waals surface area (Å²) in [6, 6.07) is 5.10. The van der Waals surface area contributed by atoms with E-state index in [1.807, 2.05) is 6.92 Å². The lowest BCUT2D eigenvalue weighted by molar-refractivity contribution is 0.383. The highest BCUT2D eigenvalue weighted by atomic mass is 19.1. The number of methoxy groups -OCH3 is 1. The van der Waals surface area contributed by atoms with Crippen LogP contribution in [0.4, 0.5) is 4.39 Å². The van der Waals surface area contributed by atoms with Gasteiger partial charge >= 0.3 is 0 Å². The SMILES string of the molecule is COc1cccc(CNCc2cnc(C)cn2)c1F. The molecule has 1 aromatic carbocycles. The Balaban J connectivity index is 1.94. The van der Waals surface area contributed by atoms with Crippen molar-refractivity contribution in [3.05, 3.63) is 53.4 Å². The fraction of sp³-hybridized carbons (Fsp3) is 0.286. The molecule has 0 aliphatic carbocycles. The van der Waals surface area contributed by atoms with Crippen LogP contribution >= 0.6 is 0 Å². The van der Waals surface area contributed by atoms with Gasteiger partial charge in [-0.05, 0) is 13.0 Å². The van der Waals surface area contributed by atoms with Gasteiger partial charge in [0.2, 0.25) is 0 Å². The third-order valence-electron chi connectivity index (χ3n) is 2.72. The Hall–Kier alpha value is -2.01. The zero-order valence-electron chi connectivity index (χ0n) is 11.0. The van der Waals surface area contributed by atoms with Crippen molar-refractivity contribution in [1.29, 1.82) is 0 Å². The summed E-state index contributed by atoms with van der Waals surface area (Å²) in [7, 11) is 1.46. The fourth-order valence-corrected chi connectivity index (χ4v) is 1.69. The standard InChI is InChI=1S/C14H16FN3O/c1-10-6-18-12(9-17-10)8-16-7-11-4-3-5-13(19-2)14(11)15/h3-6,9,16H,7-8H2,1-2H3. The van der Waals surface area contributed by atoms with Crippen molar-refractivity contribution in [2.24, 2.45) is 0 Å². The van der Waals surface area contributed by atoms with Crippen LogP contribution in [0.25, 0.3) is 0 Å². The number of rotatable bonds is 5. The molecule has 0 atom stereocenters. The molecular weight excluding hydrogens is 245 g/mol. The Morgan fingerprint density at radius 2 is 2.05 bits per heavy atom. The van der Waals surface area contributed by atoms with Gasteiger partial charge in [0, 0.05) is 31.0 Å². The van der Waals surface area contributed by atoms with Crippen LogP contribution in [0.2, 0.25) is 0 Å². The second-order valence-corrected chi connectivity index (χ2v) is 4.19. The summed E-state index contributed by atoms with van der Waals surface area (Å²) in [6.45, 7) is 2.85. The summed E-state index contributed by atoms with van der Waals surface area (Å²) >= 11 is 0. The minimum atomic E-state index is -0.326. The first-order valence-electron chi connectivity index (χ1n) is 6.00. The maximum absolute atomic E-state index is 13.9. The number of halogens is 1. The fourth-order valence-electron chi connectivity index (χ4n) is 1.69. The van der Waals surface area contributed by atoms with Gasteiger partial charge < -0.3 is 10.1 Å². The number of hydrogen-bond acceptors (Lipinski definition) is 4. The molecule has 0 bridgehead atoms. The predicted molar refractivity (Wildman–Crippen MR) is 70.3 cm³/mol. The first-order valence-corrected chi connectivity index (χ1v) is 6.00. The van der Waals surface area contributed by atoms with Crippen molar-refractivity contribution in [1.82, 2.24) is 15.3 Å².